The monoisotopic (exact) mass is 265 g/mol. The number of carbonyl (C=O) groups excluding carboxylic acids is 1. The normalized spacial score (nSPS) is 10.3. The van der Waals surface area contributed by atoms with Gasteiger partial charge >= 0.3 is 5.97 Å². The van der Waals surface area contributed by atoms with E-state index in [0.717, 1.165) is 11.1 Å². The zero-order valence-electron chi connectivity index (χ0n) is 11.2. The predicted molar refractivity (Wildman–Crippen MR) is 68.5 cm³/mol. The molecule has 0 aliphatic rings. The van der Waals surface area contributed by atoms with Gasteiger partial charge < -0.3 is 5.11 Å². The minimum Gasteiger partial charge on any atom is -0.478 e. The highest BCUT2D eigenvalue weighted by Crippen LogP contribution is 2.27. The summed E-state index contributed by atoms with van der Waals surface area (Å²) in [7, 11) is 0. The third kappa shape index (κ3) is 2.62. The molecule has 1 aromatic carbocycles. The van der Waals surface area contributed by atoms with Crippen molar-refractivity contribution in [2.24, 2.45) is 0 Å². The Morgan fingerprint density at radius 1 is 1.00 bits per heavy atom. The highest BCUT2D eigenvalue weighted by molar-refractivity contribution is 6.08. The van der Waals surface area contributed by atoms with Crippen LogP contribution < -0.4 is 0 Å². The fourth-order valence-corrected chi connectivity index (χ4v) is 2.12. The average Bonchev–Trinajstić information content (AvgIpc) is 2.29. The lowest BCUT2D eigenvalue weighted by atomic mass is 9.87. The van der Waals surface area contributed by atoms with Gasteiger partial charge in [-0.2, -0.15) is 0 Å². The first-order chi connectivity index (χ1) is 8.68. The molecule has 6 nitrogen and oxygen atoms in total. The number of hydrogen-bond acceptors (Lipinski definition) is 4. The summed E-state index contributed by atoms with van der Waals surface area (Å²) in [5.74, 6) is -2.01. The van der Waals surface area contributed by atoms with Crippen molar-refractivity contribution in [1.82, 2.24) is 0 Å². The summed E-state index contributed by atoms with van der Waals surface area (Å²) in [5, 5.41) is 19.7. The Morgan fingerprint density at radius 2 is 1.42 bits per heavy atom. The fourth-order valence-electron chi connectivity index (χ4n) is 2.12. The second-order valence-electron chi connectivity index (χ2n) is 4.47. The van der Waals surface area contributed by atoms with Crippen LogP contribution in [0.25, 0.3) is 0 Å². The first-order valence-electron chi connectivity index (χ1n) is 5.67. The van der Waals surface area contributed by atoms with Gasteiger partial charge in [-0.25, -0.2) is 4.79 Å². The zero-order valence-corrected chi connectivity index (χ0v) is 11.2. The maximum atomic E-state index is 11.9. The number of carboxylic acid groups (broad SMARTS) is 1. The number of Topliss-reactive ketones (excluding diaryl/α,β-unsaturated/α-hetero) is 1. The van der Waals surface area contributed by atoms with E-state index in [1.807, 2.05) is 0 Å². The Kier molecular flexibility index (Phi) is 4.04. The number of carbonyl (C=O) groups is 2. The molecule has 0 radical (unpaired) electrons. The van der Waals surface area contributed by atoms with Gasteiger partial charge in [0, 0.05) is 10.5 Å². The molecular weight excluding hydrogens is 250 g/mol. The minimum atomic E-state index is -1.24. The number of aromatic carboxylic acids is 1. The van der Waals surface area contributed by atoms with Crippen LogP contribution in [0.15, 0.2) is 0 Å². The summed E-state index contributed by atoms with van der Waals surface area (Å²) in [6, 6.07) is 0. The zero-order chi connectivity index (χ0) is 14.9. The summed E-state index contributed by atoms with van der Waals surface area (Å²) in [5.41, 5.74) is 2.36. The van der Waals surface area contributed by atoms with Crippen LogP contribution in [0.5, 0.6) is 0 Å². The van der Waals surface area contributed by atoms with E-state index in [4.69, 9.17) is 0 Å². The first kappa shape index (κ1) is 14.8. The largest absolute Gasteiger partial charge is 0.478 e. The van der Waals surface area contributed by atoms with Crippen molar-refractivity contribution in [2.45, 2.75) is 27.7 Å². The van der Waals surface area contributed by atoms with Crippen LogP contribution in [0.1, 0.15) is 43.0 Å². The number of benzene rings is 1. The van der Waals surface area contributed by atoms with E-state index in [-0.39, 0.29) is 11.1 Å². The van der Waals surface area contributed by atoms with E-state index in [1.54, 1.807) is 27.7 Å². The van der Waals surface area contributed by atoms with Crippen LogP contribution in [0.2, 0.25) is 0 Å². The number of hydrogen-bond donors (Lipinski definition) is 1. The van der Waals surface area contributed by atoms with E-state index < -0.39 is 23.2 Å². The lowest BCUT2D eigenvalue weighted by molar-refractivity contribution is -0.465. The highest BCUT2D eigenvalue weighted by atomic mass is 16.6. The summed E-state index contributed by atoms with van der Waals surface area (Å²) >= 11 is 0. The van der Waals surface area contributed by atoms with Crippen molar-refractivity contribution in [3.8, 4) is 0 Å². The predicted octanol–water partition coefficient (Wildman–Crippen LogP) is 2.08. The third-order valence-electron chi connectivity index (χ3n) is 3.45. The smallest absolute Gasteiger partial charge is 0.336 e. The Morgan fingerprint density at radius 3 is 1.79 bits per heavy atom. The Balaban J connectivity index is 3.66. The molecule has 0 aromatic heterocycles. The van der Waals surface area contributed by atoms with Crippen LogP contribution in [-0.2, 0) is 0 Å². The van der Waals surface area contributed by atoms with Crippen LogP contribution in [-0.4, -0.2) is 28.3 Å². The molecule has 0 aliphatic carbocycles. The molecule has 6 heteroatoms. The molecule has 0 saturated heterocycles. The molecule has 0 bridgehead atoms. The van der Waals surface area contributed by atoms with E-state index in [9.17, 15) is 24.8 Å². The fraction of sp³-hybridized carbons (Fsp3) is 0.385. The molecule has 102 valence electrons. The lowest BCUT2D eigenvalue weighted by Gasteiger charge is -2.16. The van der Waals surface area contributed by atoms with E-state index in [2.05, 4.69) is 0 Å². The van der Waals surface area contributed by atoms with Crippen molar-refractivity contribution in [3.63, 3.8) is 0 Å². The van der Waals surface area contributed by atoms with Gasteiger partial charge in [-0.3, -0.25) is 14.9 Å². The number of ketones is 1. The number of nitro groups is 1. The Bertz CT molecular complexity index is 589. The molecule has 0 heterocycles. The van der Waals surface area contributed by atoms with Crippen molar-refractivity contribution in [2.75, 3.05) is 6.54 Å². The number of nitrogens with zero attached hydrogens (tertiary/aromatic N) is 1. The molecule has 0 saturated carbocycles. The summed E-state index contributed by atoms with van der Waals surface area (Å²) < 4.78 is 0. The second kappa shape index (κ2) is 5.17. The molecule has 0 amide bonds. The molecule has 0 atom stereocenters. The van der Waals surface area contributed by atoms with Crippen LogP contribution in [0, 0.1) is 37.8 Å². The van der Waals surface area contributed by atoms with Gasteiger partial charge in [0.15, 0.2) is 0 Å². The maximum absolute atomic E-state index is 11.9. The second-order valence-corrected chi connectivity index (χ2v) is 4.47. The van der Waals surface area contributed by atoms with E-state index in [1.165, 1.54) is 0 Å². The van der Waals surface area contributed by atoms with E-state index >= 15 is 0 Å². The van der Waals surface area contributed by atoms with Gasteiger partial charge in [-0.05, 0) is 49.9 Å². The van der Waals surface area contributed by atoms with Crippen molar-refractivity contribution >= 4 is 11.8 Å². The molecule has 1 N–H and O–H groups in total. The van der Waals surface area contributed by atoms with Gasteiger partial charge in [0.25, 0.3) is 6.54 Å². The molecule has 0 spiro atoms. The molecule has 0 fully saturated rings. The molecule has 1 aromatic rings. The van der Waals surface area contributed by atoms with Crippen molar-refractivity contribution < 1.29 is 19.6 Å². The SMILES string of the molecule is Cc1c(C)c(C)c(C(=O)C[N+](=O)[O-])c(C(=O)O)c1C. The van der Waals surface area contributed by atoms with Gasteiger partial charge in [-0.15, -0.1) is 0 Å². The van der Waals surface area contributed by atoms with Gasteiger partial charge in [0.1, 0.15) is 0 Å². The molecule has 0 aliphatic heterocycles. The quantitative estimate of drug-likeness (QED) is 0.510. The van der Waals surface area contributed by atoms with Crippen molar-refractivity contribution in [1.29, 1.82) is 0 Å². The van der Waals surface area contributed by atoms with Gasteiger partial charge in [-0.1, -0.05) is 0 Å². The summed E-state index contributed by atoms with van der Waals surface area (Å²) in [6.45, 7) is 5.86. The number of rotatable bonds is 4. The van der Waals surface area contributed by atoms with Crippen molar-refractivity contribution in [3.05, 3.63) is 43.5 Å². The van der Waals surface area contributed by atoms with Gasteiger partial charge in [0.2, 0.25) is 5.78 Å². The van der Waals surface area contributed by atoms with Crippen LogP contribution in [0.4, 0.5) is 0 Å². The molecular formula is C13H15NO5. The Labute approximate surface area is 110 Å². The Hall–Kier alpha value is -2.24. The lowest BCUT2D eigenvalue weighted by Crippen LogP contribution is -2.21. The van der Waals surface area contributed by atoms with Crippen LogP contribution >= 0.6 is 0 Å². The van der Waals surface area contributed by atoms with Crippen LogP contribution in [0.3, 0.4) is 0 Å². The van der Waals surface area contributed by atoms with Gasteiger partial charge in [0.05, 0.1) is 5.56 Å². The summed E-state index contributed by atoms with van der Waals surface area (Å²) in [4.78, 5) is 32.9. The third-order valence-corrected chi connectivity index (χ3v) is 3.45. The average molecular weight is 265 g/mol. The number of carboxylic acids is 1. The minimum absolute atomic E-state index is 0.0511. The standard InChI is InChI=1S/C13H15NO5/c1-6-7(2)9(4)12(13(16)17)11(8(6)3)10(15)5-14(18)19/h5H2,1-4H3,(H,16,17). The van der Waals surface area contributed by atoms with E-state index in [0.29, 0.717) is 11.1 Å². The molecule has 0 unspecified atom stereocenters. The first-order valence-corrected chi connectivity index (χ1v) is 5.67. The topological polar surface area (TPSA) is 97.5 Å². The highest BCUT2D eigenvalue weighted by Gasteiger charge is 2.26. The summed E-state index contributed by atoms with van der Waals surface area (Å²) in [6.07, 6.45) is 0. The molecule has 1 rings (SSSR count). The maximum Gasteiger partial charge on any atom is 0.336 e. The molecule has 19 heavy (non-hydrogen) atoms.